The highest BCUT2D eigenvalue weighted by molar-refractivity contribution is 5.92. The van der Waals surface area contributed by atoms with Crippen molar-refractivity contribution < 1.29 is 14.1 Å². The smallest absolute Gasteiger partial charge is 0.276 e. The third kappa shape index (κ3) is 3.02. The van der Waals surface area contributed by atoms with E-state index in [1.807, 2.05) is 24.0 Å². The first kappa shape index (κ1) is 18.5. The standard InChI is InChI=1S/C24H26N4O3/c1-2-30-17-7-8-20-18(14-17)25-24(22-4-3-11-28(20)22)9-12-27(13-10-24)23(29)19-15-21(31-26-19)16-5-6-16/h3-4,7-8,11,14-16,25H,2,5-6,9-10,12-13H2,1H3. The zero-order valence-electron chi connectivity index (χ0n) is 17.6. The fraction of sp³-hybridized carbons (Fsp3) is 0.417. The van der Waals surface area contributed by atoms with Crippen LogP contribution in [-0.4, -0.2) is 40.2 Å². The van der Waals surface area contributed by atoms with E-state index in [0.717, 1.165) is 48.6 Å². The van der Waals surface area contributed by atoms with Gasteiger partial charge in [-0.05, 0) is 56.9 Å². The van der Waals surface area contributed by atoms with Crippen molar-refractivity contribution in [1.29, 1.82) is 0 Å². The van der Waals surface area contributed by atoms with Crippen LogP contribution in [0.25, 0.3) is 5.69 Å². The molecule has 1 aliphatic carbocycles. The number of rotatable bonds is 4. The zero-order valence-corrected chi connectivity index (χ0v) is 17.6. The summed E-state index contributed by atoms with van der Waals surface area (Å²) in [5.41, 5.74) is 3.67. The van der Waals surface area contributed by atoms with Gasteiger partial charge in [-0.1, -0.05) is 5.16 Å². The van der Waals surface area contributed by atoms with Gasteiger partial charge in [0.1, 0.15) is 11.5 Å². The fourth-order valence-electron chi connectivity index (χ4n) is 4.97. The fourth-order valence-corrected chi connectivity index (χ4v) is 4.97. The average molecular weight is 418 g/mol. The summed E-state index contributed by atoms with van der Waals surface area (Å²) in [4.78, 5) is 14.9. The molecule has 3 aromatic rings. The minimum absolute atomic E-state index is 0.0317. The van der Waals surface area contributed by atoms with E-state index in [2.05, 4.69) is 45.5 Å². The molecule has 1 aromatic carbocycles. The Bertz CT molecular complexity index is 1140. The number of fused-ring (bicyclic) bond motifs is 4. The van der Waals surface area contributed by atoms with E-state index >= 15 is 0 Å². The van der Waals surface area contributed by atoms with Gasteiger partial charge in [0.25, 0.3) is 5.91 Å². The van der Waals surface area contributed by atoms with Crippen molar-refractivity contribution in [2.75, 3.05) is 25.0 Å². The van der Waals surface area contributed by atoms with Crippen LogP contribution in [0.2, 0.25) is 0 Å². The van der Waals surface area contributed by atoms with Crippen LogP contribution in [0.4, 0.5) is 5.69 Å². The number of carbonyl (C=O) groups is 1. The van der Waals surface area contributed by atoms with Gasteiger partial charge in [-0.15, -0.1) is 0 Å². The second-order valence-corrected chi connectivity index (χ2v) is 8.76. The maximum atomic E-state index is 13.0. The summed E-state index contributed by atoms with van der Waals surface area (Å²) in [6.07, 6.45) is 6.03. The van der Waals surface area contributed by atoms with Crippen molar-refractivity contribution in [2.24, 2.45) is 0 Å². The van der Waals surface area contributed by atoms with Crippen molar-refractivity contribution in [3.8, 4) is 11.4 Å². The molecule has 4 heterocycles. The second-order valence-electron chi connectivity index (χ2n) is 8.76. The molecule has 7 nitrogen and oxygen atoms in total. The van der Waals surface area contributed by atoms with Crippen LogP contribution >= 0.6 is 0 Å². The van der Waals surface area contributed by atoms with Gasteiger partial charge in [0.2, 0.25) is 0 Å². The molecule has 0 unspecified atom stereocenters. The van der Waals surface area contributed by atoms with Crippen LogP contribution in [0.3, 0.4) is 0 Å². The lowest BCUT2D eigenvalue weighted by Crippen LogP contribution is -2.51. The van der Waals surface area contributed by atoms with Crippen LogP contribution in [0, 0.1) is 0 Å². The second kappa shape index (κ2) is 6.90. The molecule has 31 heavy (non-hydrogen) atoms. The lowest BCUT2D eigenvalue weighted by Gasteiger charge is -2.46. The van der Waals surface area contributed by atoms with Gasteiger partial charge in [-0.25, -0.2) is 0 Å². The number of piperidine rings is 1. The van der Waals surface area contributed by atoms with Gasteiger partial charge in [-0.3, -0.25) is 4.79 Å². The van der Waals surface area contributed by atoms with E-state index in [1.54, 1.807) is 0 Å². The van der Waals surface area contributed by atoms with E-state index in [4.69, 9.17) is 9.26 Å². The summed E-state index contributed by atoms with van der Waals surface area (Å²) < 4.78 is 13.4. The number of benzene rings is 1. The molecule has 1 saturated carbocycles. The first-order valence-electron chi connectivity index (χ1n) is 11.2. The molecule has 1 amide bonds. The largest absolute Gasteiger partial charge is 0.494 e. The Hall–Kier alpha value is -3.22. The Labute approximate surface area is 181 Å². The Morgan fingerprint density at radius 3 is 2.87 bits per heavy atom. The number of nitrogens with one attached hydrogen (secondary N) is 1. The number of amides is 1. The molecule has 2 fully saturated rings. The number of hydrogen-bond donors (Lipinski definition) is 1. The van der Waals surface area contributed by atoms with Crippen molar-refractivity contribution in [3.05, 3.63) is 59.7 Å². The molecule has 1 saturated heterocycles. The maximum Gasteiger partial charge on any atom is 0.276 e. The summed E-state index contributed by atoms with van der Waals surface area (Å²) in [7, 11) is 0. The van der Waals surface area contributed by atoms with Gasteiger partial charge in [0.15, 0.2) is 5.69 Å². The van der Waals surface area contributed by atoms with E-state index in [1.165, 1.54) is 5.69 Å². The van der Waals surface area contributed by atoms with Crippen LogP contribution in [-0.2, 0) is 5.54 Å². The van der Waals surface area contributed by atoms with Crippen molar-refractivity contribution >= 4 is 11.6 Å². The van der Waals surface area contributed by atoms with Crippen LogP contribution in [0.15, 0.2) is 47.1 Å². The molecular weight excluding hydrogens is 392 g/mol. The minimum Gasteiger partial charge on any atom is -0.494 e. The Kier molecular flexibility index (Phi) is 4.13. The first-order chi connectivity index (χ1) is 15.2. The lowest BCUT2D eigenvalue weighted by atomic mass is 9.82. The Morgan fingerprint density at radius 1 is 1.26 bits per heavy atom. The Morgan fingerprint density at radius 2 is 2.10 bits per heavy atom. The van der Waals surface area contributed by atoms with Crippen molar-refractivity contribution in [3.63, 3.8) is 0 Å². The normalized spacial score (nSPS) is 18.9. The van der Waals surface area contributed by atoms with E-state index in [-0.39, 0.29) is 11.4 Å². The lowest BCUT2D eigenvalue weighted by molar-refractivity contribution is 0.0666. The molecule has 160 valence electrons. The maximum absolute atomic E-state index is 13.0. The molecule has 0 atom stereocenters. The van der Waals surface area contributed by atoms with Crippen molar-refractivity contribution in [1.82, 2.24) is 14.6 Å². The summed E-state index contributed by atoms with van der Waals surface area (Å²) in [6, 6.07) is 12.3. The van der Waals surface area contributed by atoms with Crippen LogP contribution in [0.1, 0.15) is 60.5 Å². The molecule has 7 heteroatoms. The number of anilines is 1. The number of nitrogens with zero attached hydrogens (tertiary/aromatic N) is 3. The highest BCUT2D eigenvalue weighted by Crippen LogP contribution is 2.45. The predicted molar refractivity (Wildman–Crippen MR) is 116 cm³/mol. The van der Waals surface area contributed by atoms with E-state index in [9.17, 15) is 4.79 Å². The van der Waals surface area contributed by atoms with Gasteiger partial charge in [0, 0.05) is 43.0 Å². The number of ether oxygens (including phenoxy) is 1. The van der Waals surface area contributed by atoms with Gasteiger partial charge >= 0.3 is 0 Å². The SMILES string of the molecule is CCOc1ccc2c(c1)NC1(CCN(C(=O)c3cc(C4CC4)on3)CC1)c1cccn1-2. The summed E-state index contributed by atoms with van der Waals surface area (Å²) in [5, 5.41) is 7.85. The van der Waals surface area contributed by atoms with E-state index < -0.39 is 0 Å². The van der Waals surface area contributed by atoms with Gasteiger partial charge in [-0.2, -0.15) is 0 Å². The monoisotopic (exact) mass is 418 g/mol. The molecule has 2 aliphatic heterocycles. The summed E-state index contributed by atoms with van der Waals surface area (Å²) in [5.74, 6) is 2.14. The third-order valence-corrected chi connectivity index (χ3v) is 6.78. The van der Waals surface area contributed by atoms with Gasteiger partial charge in [0.05, 0.1) is 23.5 Å². The number of aromatic nitrogens is 2. The summed E-state index contributed by atoms with van der Waals surface area (Å²) >= 11 is 0. The number of carbonyl (C=O) groups excluding carboxylic acids is 1. The van der Waals surface area contributed by atoms with Gasteiger partial charge < -0.3 is 24.0 Å². The minimum atomic E-state index is -0.207. The molecule has 3 aliphatic rings. The van der Waals surface area contributed by atoms with E-state index in [0.29, 0.717) is 31.3 Å². The molecule has 6 rings (SSSR count). The number of likely N-dealkylation sites (tertiary alicyclic amines) is 1. The predicted octanol–water partition coefficient (Wildman–Crippen LogP) is 4.30. The molecule has 0 bridgehead atoms. The highest BCUT2D eigenvalue weighted by atomic mass is 16.5. The zero-order chi connectivity index (χ0) is 21.0. The molecule has 1 spiro atoms. The average Bonchev–Trinajstić information content (AvgIpc) is 3.30. The highest BCUT2D eigenvalue weighted by Gasteiger charge is 2.43. The quantitative estimate of drug-likeness (QED) is 0.684. The van der Waals surface area contributed by atoms with Crippen LogP contribution in [0.5, 0.6) is 5.75 Å². The Balaban J connectivity index is 1.24. The third-order valence-electron chi connectivity index (χ3n) is 6.78. The number of hydrogen-bond acceptors (Lipinski definition) is 5. The molecular formula is C24H26N4O3. The molecule has 1 N–H and O–H groups in total. The first-order valence-corrected chi connectivity index (χ1v) is 11.2. The van der Waals surface area contributed by atoms with Crippen LogP contribution < -0.4 is 10.1 Å². The molecule has 0 radical (unpaired) electrons. The summed E-state index contributed by atoms with van der Waals surface area (Å²) in [6.45, 7) is 3.97. The molecule has 2 aromatic heterocycles. The topological polar surface area (TPSA) is 72.5 Å². The van der Waals surface area contributed by atoms with Crippen molar-refractivity contribution in [2.45, 2.75) is 44.1 Å².